The van der Waals surface area contributed by atoms with Gasteiger partial charge in [0.1, 0.15) is 0 Å². The summed E-state index contributed by atoms with van der Waals surface area (Å²) in [5.74, 6) is -3.91. The Morgan fingerprint density at radius 1 is 0.568 bits per heavy atom. The second-order valence-electron chi connectivity index (χ2n) is 11.2. The molecule has 0 amide bonds. The van der Waals surface area contributed by atoms with Crippen molar-refractivity contribution in [3.8, 4) is 0 Å². The van der Waals surface area contributed by atoms with Gasteiger partial charge < -0.3 is 19.8 Å². The minimum absolute atomic E-state index is 0.477. The molecule has 3 unspecified atom stereocenters. The minimum atomic E-state index is -0.825. The molecule has 0 heterocycles. The van der Waals surface area contributed by atoms with Crippen molar-refractivity contribution < 1.29 is 34.2 Å². The molecule has 3 N–H and O–H groups in total. The van der Waals surface area contributed by atoms with E-state index < -0.39 is 35.7 Å². The highest BCUT2D eigenvalue weighted by Gasteiger charge is 2.31. The zero-order valence-electron chi connectivity index (χ0n) is 24.1. The van der Waals surface area contributed by atoms with Gasteiger partial charge in [-0.15, -0.1) is 0 Å². The number of rotatable bonds is 25. The summed E-state index contributed by atoms with van der Waals surface area (Å²) in [5, 5.41) is 28.2. The van der Waals surface area contributed by atoms with Crippen LogP contribution in [0.5, 0.6) is 0 Å². The van der Waals surface area contributed by atoms with Gasteiger partial charge in [0, 0.05) is 19.3 Å². The molecule has 0 aliphatic carbocycles. The lowest BCUT2D eigenvalue weighted by atomic mass is 10.0. The molecular weight excluding hydrogens is 470 g/mol. The molecule has 0 aromatic carbocycles. The van der Waals surface area contributed by atoms with E-state index in [0.717, 1.165) is 19.4 Å². The molecule has 0 aliphatic heterocycles. The molecule has 37 heavy (non-hydrogen) atoms. The summed E-state index contributed by atoms with van der Waals surface area (Å²) in [6.07, 6.45) is 19.3. The molecule has 0 saturated heterocycles. The zero-order valence-corrected chi connectivity index (χ0v) is 24.1. The highest BCUT2D eigenvalue weighted by atomic mass is 16.4. The summed E-state index contributed by atoms with van der Waals surface area (Å²) in [7, 11) is 0. The molecule has 0 aromatic heterocycles. The van der Waals surface area contributed by atoms with Gasteiger partial charge in [-0.05, 0) is 32.6 Å². The first-order valence-corrected chi connectivity index (χ1v) is 14.7. The van der Waals surface area contributed by atoms with Gasteiger partial charge in [0.25, 0.3) is 0 Å². The first kappa shape index (κ1) is 35.1. The quantitative estimate of drug-likeness (QED) is 0.0670. The number of hydrogen-bond acceptors (Lipinski definition) is 3. The van der Waals surface area contributed by atoms with Crippen molar-refractivity contribution in [1.82, 2.24) is 0 Å². The molecule has 0 saturated carbocycles. The van der Waals surface area contributed by atoms with E-state index in [-0.39, 0.29) is 0 Å². The van der Waals surface area contributed by atoms with Crippen LogP contribution < -0.4 is 0 Å². The van der Waals surface area contributed by atoms with Gasteiger partial charge in [-0.25, -0.2) is 0 Å². The Morgan fingerprint density at radius 2 is 0.892 bits per heavy atom. The van der Waals surface area contributed by atoms with Gasteiger partial charge in [0.2, 0.25) is 0 Å². The Bertz CT molecular complexity index is 603. The number of allylic oxidation sites excluding steroid dienone is 2. The average Bonchev–Trinajstić information content (AvgIpc) is 2.86. The smallest absolute Gasteiger partial charge is 0.306 e. The Balaban J connectivity index is 4.83. The number of carbonyl (C=O) groups is 3. The lowest BCUT2D eigenvalue weighted by Gasteiger charge is -2.40. The lowest BCUT2D eigenvalue weighted by Crippen LogP contribution is -2.52. The van der Waals surface area contributed by atoms with Crippen LogP contribution in [0.1, 0.15) is 118 Å². The number of aliphatic carboxylic acids is 3. The predicted octanol–water partition coefficient (Wildman–Crippen LogP) is 7.00. The van der Waals surface area contributed by atoms with Crippen LogP contribution in [0.15, 0.2) is 12.2 Å². The molecule has 0 aromatic rings. The van der Waals surface area contributed by atoms with Crippen molar-refractivity contribution in [1.29, 1.82) is 0 Å². The van der Waals surface area contributed by atoms with Crippen LogP contribution in [0.4, 0.5) is 0 Å². The molecule has 0 spiro atoms. The molecule has 0 aliphatic rings. The average molecular weight is 527 g/mol. The molecule has 3 atom stereocenters. The van der Waals surface area contributed by atoms with E-state index in [4.69, 9.17) is 0 Å². The monoisotopic (exact) mass is 526 g/mol. The maximum Gasteiger partial charge on any atom is 0.306 e. The maximum atomic E-state index is 11.4. The minimum Gasteiger partial charge on any atom is -0.481 e. The van der Waals surface area contributed by atoms with Gasteiger partial charge in [-0.3, -0.25) is 14.4 Å². The van der Waals surface area contributed by atoms with Crippen molar-refractivity contribution >= 4 is 17.9 Å². The van der Waals surface area contributed by atoms with Crippen molar-refractivity contribution in [3.05, 3.63) is 12.2 Å². The summed E-state index contributed by atoms with van der Waals surface area (Å²) < 4.78 is 0.611. The maximum absolute atomic E-state index is 11.4. The van der Waals surface area contributed by atoms with Crippen molar-refractivity contribution in [2.75, 3.05) is 26.2 Å². The topological polar surface area (TPSA) is 112 Å². The lowest BCUT2D eigenvalue weighted by molar-refractivity contribution is -0.929. The van der Waals surface area contributed by atoms with Crippen LogP contribution in [-0.2, 0) is 14.4 Å². The van der Waals surface area contributed by atoms with Gasteiger partial charge >= 0.3 is 17.9 Å². The SMILES string of the molecule is C/C=C/CCCCCCCCCCCC[N+](CCC(C)C(=O)O)(CCC(C)C(=O)O)CCC(C)C(=O)O. The van der Waals surface area contributed by atoms with Gasteiger partial charge in [0.15, 0.2) is 0 Å². The van der Waals surface area contributed by atoms with Crippen LogP contribution in [0, 0.1) is 17.8 Å². The molecular formula is C30H56NO6+. The first-order chi connectivity index (χ1) is 17.5. The largest absolute Gasteiger partial charge is 0.481 e. The third kappa shape index (κ3) is 18.1. The van der Waals surface area contributed by atoms with E-state index in [1.165, 1.54) is 57.8 Å². The number of carboxylic acid groups (broad SMARTS) is 3. The fourth-order valence-electron chi connectivity index (χ4n) is 4.73. The van der Waals surface area contributed by atoms with Crippen LogP contribution in [0.3, 0.4) is 0 Å². The van der Waals surface area contributed by atoms with Crippen LogP contribution >= 0.6 is 0 Å². The standard InChI is InChI=1S/C30H55NO6/c1-5-6-7-8-9-10-11-12-13-14-15-16-17-21-31(22-18-25(2)28(32)33,23-19-26(3)29(34)35)24-20-27(4)30(36)37/h5-6,25-27H,7-24H2,1-4H3,(H2-,32,33,34,35,36,37)/p+1/b6-5+. The zero-order chi connectivity index (χ0) is 28.1. The highest BCUT2D eigenvalue weighted by Crippen LogP contribution is 2.22. The molecule has 216 valence electrons. The highest BCUT2D eigenvalue weighted by molar-refractivity contribution is 5.70. The normalized spacial score (nSPS) is 15.8. The molecule has 7 nitrogen and oxygen atoms in total. The van der Waals surface area contributed by atoms with E-state index in [1.807, 2.05) is 0 Å². The Morgan fingerprint density at radius 3 is 1.22 bits per heavy atom. The van der Waals surface area contributed by atoms with E-state index in [1.54, 1.807) is 20.8 Å². The van der Waals surface area contributed by atoms with Crippen LogP contribution in [0.25, 0.3) is 0 Å². The van der Waals surface area contributed by atoms with Gasteiger partial charge in [-0.1, -0.05) is 77.9 Å². The van der Waals surface area contributed by atoms with E-state index in [0.29, 0.717) is 43.4 Å². The summed E-state index contributed by atoms with van der Waals surface area (Å²) in [5.41, 5.74) is 0. The Hall–Kier alpha value is -1.89. The Labute approximate surface area is 225 Å². The number of nitrogens with zero attached hydrogens (tertiary/aromatic N) is 1. The third-order valence-corrected chi connectivity index (χ3v) is 7.86. The summed E-state index contributed by atoms with van der Waals surface area (Å²) in [4.78, 5) is 34.3. The van der Waals surface area contributed by atoms with Crippen molar-refractivity contribution in [2.24, 2.45) is 17.8 Å². The summed E-state index contributed by atoms with van der Waals surface area (Å²) >= 11 is 0. The second kappa shape index (κ2) is 21.1. The number of carboxylic acids is 3. The summed E-state index contributed by atoms with van der Waals surface area (Å²) in [6.45, 7) is 9.95. The van der Waals surface area contributed by atoms with Gasteiger partial charge in [0.05, 0.1) is 43.9 Å². The fraction of sp³-hybridized carbons (Fsp3) is 0.833. The summed E-state index contributed by atoms with van der Waals surface area (Å²) in [6, 6.07) is 0. The second-order valence-corrected chi connectivity index (χ2v) is 11.2. The fourth-order valence-corrected chi connectivity index (χ4v) is 4.73. The number of unbranched alkanes of at least 4 members (excludes halogenated alkanes) is 10. The van der Waals surface area contributed by atoms with E-state index in [2.05, 4.69) is 19.1 Å². The Kier molecular flexibility index (Phi) is 20.0. The van der Waals surface area contributed by atoms with E-state index in [9.17, 15) is 29.7 Å². The van der Waals surface area contributed by atoms with Crippen LogP contribution in [0.2, 0.25) is 0 Å². The first-order valence-electron chi connectivity index (χ1n) is 14.7. The van der Waals surface area contributed by atoms with E-state index >= 15 is 0 Å². The molecule has 0 radical (unpaired) electrons. The molecule has 0 fully saturated rings. The van der Waals surface area contributed by atoms with Crippen molar-refractivity contribution in [2.45, 2.75) is 118 Å². The number of hydrogen-bond donors (Lipinski definition) is 3. The predicted molar refractivity (Wildman–Crippen MR) is 150 cm³/mol. The number of quaternary nitrogens is 1. The molecule has 0 rings (SSSR count). The van der Waals surface area contributed by atoms with Gasteiger partial charge in [-0.2, -0.15) is 0 Å². The van der Waals surface area contributed by atoms with Crippen molar-refractivity contribution in [3.63, 3.8) is 0 Å². The molecule has 0 bridgehead atoms. The molecule has 7 heteroatoms. The third-order valence-electron chi connectivity index (χ3n) is 7.86. The van der Waals surface area contributed by atoms with Crippen LogP contribution in [-0.4, -0.2) is 63.9 Å².